The molecule has 152 valence electrons. The molecule has 0 atom stereocenters. The van der Waals surface area contributed by atoms with Gasteiger partial charge in [-0.15, -0.1) is 0 Å². The number of benzene rings is 2. The van der Waals surface area contributed by atoms with Crippen LogP contribution in [0.15, 0.2) is 42.5 Å². The predicted octanol–water partition coefficient (Wildman–Crippen LogP) is 5.19. The summed E-state index contributed by atoms with van der Waals surface area (Å²) in [6, 6.07) is 9.49. The molecule has 1 amide bonds. The third kappa shape index (κ3) is 4.89. The van der Waals surface area contributed by atoms with Crippen molar-refractivity contribution in [2.45, 2.75) is 27.0 Å². The smallest absolute Gasteiger partial charge is 0.387 e. The van der Waals surface area contributed by atoms with Crippen LogP contribution in [0.5, 0.6) is 5.75 Å². The summed E-state index contributed by atoms with van der Waals surface area (Å²) in [5.41, 5.74) is 2.77. The van der Waals surface area contributed by atoms with Gasteiger partial charge in [-0.05, 0) is 55.8 Å². The van der Waals surface area contributed by atoms with Crippen LogP contribution in [-0.4, -0.2) is 22.3 Å². The number of alkyl halides is 2. The minimum Gasteiger partial charge on any atom is -0.435 e. The summed E-state index contributed by atoms with van der Waals surface area (Å²) in [5, 5.41) is 7.48. The van der Waals surface area contributed by atoms with Gasteiger partial charge in [-0.1, -0.05) is 17.7 Å². The highest BCUT2D eigenvalue weighted by molar-refractivity contribution is 6.31. The first-order valence-corrected chi connectivity index (χ1v) is 8.96. The molecular weight excluding hydrogens is 407 g/mol. The largest absolute Gasteiger partial charge is 0.435 e. The highest BCUT2D eigenvalue weighted by Crippen LogP contribution is 2.24. The molecule has 0 aliphatic rings. The molecule has 0 aliphatic heterocycles. The minimum atomic E-state index is -2.93. The van der Waals surface area contributed by atoms with E-state index in [4.69, 9.17) is 11.6 Å². The maximum Gasteiger partial charge on any atom is 0.387 e. The Hall–Kier alpha value is -3.00. The zero-order valence-electron chi connectivity index (χ0n) is 15.5. The Balaban J connectivity index is 1.77. The molecule has 1 N–H and O–H groups in total. The lowest BCUT2D eigenvalue weighted by atomic mass is 10.2. The Bertz CT molecular complexity index is 1040. The summed E-state index contributed by atoms with van der Waals surface area (Å²) in [7, 11) is 0. The fourth-order valence-electron chi connectivity index (χ4n) is 2.82. The van der Waals surface area contributed by atoms with Gasteiger partial charge in [0.15, 0.2) is 0 Å². The lowest BCUT2D eigenvalue weighted by Crippen LogP contribution is -2.13. The fraction of sp³-hybridized carbons (Fsp3) is 0.200. The van der Waals surface area contributed by atoms with E-state index >= 15 is 0 Å². The van der Waals surface area contributed by atoms with E-state index in [0.29, 0.717) is 29.2 Å². The molecule has 0 saturated carbocycles. The Kier molecular flexibility index (Phi) is 6.12. The number of halogens is 4. The SMILES string of the molecule is Cc1nn(Cc2ccc(F)cc2Cl)c(C)c1NC(=O)c1ccc(OC(F)F)cc1. The van der Waals surface area contributed by atoms with Crippen LogP contribution in [0.1, 0.15) is 27.3 Å². The lowest BCUT2D eigenvalue weighted by molar-refractivity contribution is -0.0498. The Labute approximate surface area is 170 Å². The summed E-state index contributed by atoms with van der Waals surface area (Å²) < 4.78 is 43.6. The van der Waals surface area contributed by atoms with Gasteiger partial charge in [0.2, 0.25) is 0 Å². The van der Waals surface area contributed by atoms with Crippen LogP contribution in [0.25, 0.3) is 0 Å². The molecule has 0 bridgehead atoms. The van der Waals surface area contributed by atoms with E-state index in [0.717, 1.165) is 0 Å². The summed E-state index contributed by atoms with van der Waals surface area (Å²) in [6.07, 6.45) is 0. The van der Waals surface area contributed by atoms with E-state index in [1.807, 2.05) is 0 Å². The third-order valence-electron chi connectivity index (χ3n) is 4.30. The van der Waals surface area contributed by atoms with Gasteiger partial charge < -0.3 is 10.1 Å². The molecule has 9 heteroatoms. The van der Waals surface area contributed by atoms with E-state index in [9.17, 15) is 18.0 Å². The maximum absolute atomic E-state index is 13.2. The normalized spacial score (nSPS) is 11.0. The number of hydrogen-bond acceptors (Lipinski definition) is 3. The lowest BCUT2D eigenvalue weighted by Gasteiger charge is -2.09. The van der Waals surface area contributed by atoms with E-state index in [2.05, 4.69) is 15.2 Å². The number of rotatable bonds is 6. The van der Waals surface area contributed by atoms with Crippen molar-refractivity contribution in [3.05, 3.63) is 75.8 Å². The molecule has 2 aromatic carbocycles. The summed E-state index contributed by atoms with van der Waals surface area (Å²) in [6.45, 7) is 0.902. The average Bonchev–Trinajstić information content (AvgIpc) is 2.91. The number of ether oxygens (including phenoxy) is 1. The number of carbonyl (C=O) groups is 1. The Morgan fingerprint density at radius 3 is 2.52 bits per heavy atom. The van der Waals surface area contributed by atoms with Crippen molar-refractivity contribution in [3.8, 4) is 5.75 Å². The van der Waals surface area contributed by atoms with Crippen LogP contribution in [-0.2, 0) is 6.54 Å². The number of aryl methyl sites for hydroxylation is 1. The zero-order chi connectivity index (χ0) is 21.1. The molecule has 29 heavy (non-hydrogen) atoms. The average molecular weight is 424 g/mol. The van der Waals surface area contributed by atoms with Gasteiger partial charge in [0.25, 0.3) is 5.91 Å². The van der Waals surface area contributed by atoms with Crippen molar-refractivity contribution in [3.63, 3.8) is 0 Å². The molecule has 0 radical (unpaired) electrons. The summed E-state index contributed by atoms with van der Waals surface area (Å²) in [4.78, 5) is 12.5. The second kappa shape index (κ2) is 8.57. The van der Waals surface area contributed by atoms with E-state index < -0.39 is 18.3 Å². The van der Waals surface area contributed by atoms with Gasteiger partial charge in [-0.3, -0.25) is 9.48 Å². The highest BCUT2D eigenvalue weighted by atomic mass is 35.5. The number of amides is 1. The van der Waals surface area contributed by atoms with Crippen LogP contribution in [0, 0.1) is 19.7 Å². The van der Waals surface area contributed by atoms with Gasteiger partial charge in [-0.2, -0.15) is 13.9 Å². The van der Waals surface area contributed by atoms with Gasteiger partial charge in [-0.25, -0.2) is 4.39 Å². The number of aromatic nitrogens is 2. The fourth-order valence-corrected chi connectivity index (χ4v) is 3.04. The number of carbonyl (C=O) groups excluding carboxylic acids is 1. The van der Waals surface area contributed by atoms with Gasteiger partial charge in [0.1, 0.15) is 11.6 Å². The first-order valence-electron chi connectivity index (χ1n) is 8.58. The zero-order valence-corrected chi connectivity index (χ0v) is 16.3. The van der Waals surface area contributed by atoms with Gasteiger partial charge in [0.05, 0.1) is 23.6 Å². The molecule has 3 rings (SSSR count). The van der Waals surface area contributed by atoms with Crippen molar-refractivity contribution in [2.75, 3.05) is 5.32 Å². The number of nitrogens with zero attached hydrogens (tertiary/aromatic N) is 2. The molecule has 3 aromatic rings. The molecule has 0 saturated heterocycles. The summed E-state index contributed by atoms with van der Waals surface area (Å²) in [5.74, 6) is -0.878. The maximum atomic E-state index is 13.2. The van der Waals surface area contributed by atoms with Gasteiger partial charge >= 0.3 is 6.61 Å². The second-order valence-electron chi connectivity index (χ2n) is 6.30. The molecule has 1 aromatic heterocycles. The Morgan fingerprint density at radius 1 is 1.21 bits per heavy atom. The Morgan fingerprint density at radius 2 is 1.90 bits per heavy atom. The van der Waals surface area contributed by atoms with Crippen LogP contribution >= 0.6 is 11.6 Å². The van der Waals surface area contributed by atoms with Crippen molar-refractivity contribution >= 4 is 23.2 Å². The first-order chi connectivity index (χ1) is 13.7. The quantitative estimate of drug-likeness (QED) is 0.593. The highest BCUT2D eigenvalue weighted by Gasteiger charge is 2.16. The molecular formula is C20H17ClF3N3O2. The number of nitrogens with one attached hydrogen (secondary N) is 1. The summed E-state index contributed by atoms with van der Waals surface area (Å²) >= 11 is 6.08. The van der Waals surface area contributed by atoms with E-state index in [-0.39, 0.29) is 16.3 Å². The second-order valence-corrected chi connectivity index (χ2v) is 6.70. The van der Waals surface area contributed by atoms with Crippen LogP contribution in [0.2, 0.25) is 5.02 Å². The van der Waals surface area contributed by atoms with Crippen LogP contribution in [0.4, 0.5) is 18.9 Å². The number of hydrogen-bond donors (Lipinski definition) is 1. The predicted molar refractivity (Wildman–Crippen MR) is 103 cm³/mol. The van der Waals surface area contributed by atoms with Crippen molar-refractivity contribution in [1.29, 1.82) is 0 Å². The molecule has 0 aliphatic carbocycles. The standard InChI is InChI=1S/C20H17ClF3N3O2/c1-11-18(25-19(28)13-4-7-16(8-5-13)29-20(23)24)12(2)27(26-11)10-14-3-6-15(22)9-17(14)21/h3-9,20H,10H2,1-2H3,(H,25,28). The molecule has 0 fully saturated rings. The van der Waals surface area contributed by atoms with Gasteiger partial charge in [0, 0.05) is 10.6 Å². The van der Waals surface area contributed by atoms with Crippen molar-refractivity contribution in [1.82, 2.24) is 9.78 Å². The van der Waals surface area contributed by atoms with E-state index in [1.165, 1.54) is 36.4 Å². The monoisotopic (exact) mass is 423 g/mol. The molecule has 0 unspecified atom stereocenters. The first kappa shape index (κ1) is 20.7. The number of anilines is 1. The van der Waals surface area contributed by atoms with Crippen molar-refractivity contribution < 1.29 is 22.7 Å². The van der Waals surface area contributed by atoms with Crippen LogP contribution in [0.3, 0.4) is 0 Å². The third-order valence-corrected chi connectivity index (χ3v) is 4.65. The minimum absolute atomic E-state index is 0.0343. The molecule has 0 spiro atoms. The van der Waals surface area contributed by atoms with Crippen molar-refractivity contribution in [2.24, 2.45) is 0 Å². The molecule has 5 nitrogen and oxygen atoms in total. The molecule has 1 heterocycles. The van der Waals surface area contributed by atoms with Crippen LogP contribution < -0.4 is 10.1 Å². The topological polar surface area (TPSA) is 56.2 Å². The van der Waals surface area contributed by atoms with E-state index in [1.54, 1.807) is 24.6 Å².